The lowest BCUT2D eigenvalue weighted by Gasteiger charge is -2.36. The summed E-state index contributed by atoms with van der Waals surface area (Å²) in [5.41, 5.74) is 1.06. The number of aliphatic carboxylic acids is 1. The van der Waals surface area contributed by atoms with Gasteiger partial charge in [-0.25, -0.2) is 13.2 Å². The summed E-state index contributed by atoms with van der Waals surface area (Å²) >= 11 is 0. The van der Waals surface area contributed by atoms with Crippen LogP contribution >= 0.6 is 0 Å². The van der Waals surface area contributed by atoms with Crippen LogP contribution in [-0.4, -0.2) is 55.7 Å². The Morgan fingerprint density at radius 3 is 2.25 bits per heavy atom. The molecule has 0 unspecified atom stereocenters. The molecule has 8 nitrogen and oxygen atoms in total. The van der Waals surface area contributed by atoms with Crippen LogP contribution in [-0.2, 0) is 26.0 Å². The Hall–Kier alpha value is -2.91. The van der Waals surface area contributed by atoms with E-state index < -0.39 is 45.3 Å². The number of carboxylic acid groups (broad SMARTS) is 1. The summed E-state index contributed by atoms with van der Waals surface area (Å²) < 4.78 is 30.1. The van der Waals surface area contributed by atoms with Crippen LogP contribution in [0.3, 0.4) is 0 Å². The number of nitrogens with one attached hydrogen (secondary N) is 1. The average molecular weight is 571 g/mol. The molecule has 2 fully saturated rings. The van der Waals surface area contributed by atoms with Crippen molar-refractivity contribution in [3.05, 3.63) is 59.7 Å². The molecule has 0 aromatic heterocycles. The molecule has 2 aliphatic rings. The van der Waals surface area contributed by atoms with Crippen LogP contribution in [0, 0.1) is 17.3 Å². The van der Waals surface area contributed by atoms with Crippen molar-refractivity contribution < 1.29 is 27.9 Å². The summed E-state index contributed by atoms with van der Waals surface area (Å²) in [6.07, 6.45) is 5.75. The fraction of sp³-hybridized carbons (Fsp3) is 0.548. The Bertz CT molecular complexity index is 1320. The zero-order valence-corrected chi connectivity index (χ0v) is 24.9. The van der Waals surface area contributed by atoms with Crippen LogP contribution in [0.25, 0.3) is 0 Å². The average Bonchev–Trinajstić information content (AvgIpc) is 3.28. The zero-order valence-electron chi connectivity index (χ0n) is 24.1. The third kappa shape index (κ3) is 6.20. The van der Waals surface area contributed by atoms with Crippen molar-refractivity contribution in [3.63, 3.8) is 0 Å². The molecule has 218 valence electrons. The van der Waals surface area contributed by atoms with Crippen LogP contribution in [0.2, 0.25) is 0 Å². The molecule has 1 amide bonds. The lowest BCUT2D eigenvalue weighted by atomic mass is 9.72. The molecule has 1 heterocycles. The van der Waals surface area contributed by atoms with Crippen molar-refractivity contribution >= 4 is 21.7 Å². The molecule has 1 aliphatic heterocycles. The second-order valence-electron chi connectivity index (χ2n) is 12.3. The molecule has 0 spiro atoms. The number of benzene rings is 2. The lowest BCUT2D eigenvalue weighted by Crippen LogP contribution is -2.49. The third-order valence-electron chi connectivity index (χ3n) is 8.48. The van der Waals surface area contributed by atoms with Crippen molar-refractivity contribution in [2.75, 3.05) is 13.4 Å². The maximum absolute atomic E-state index is 14.2. The quantitative estimate of drug-likeness (QED) is 0.467. The fourth-order valence-electron chi connectivity index (χ4n) is 6.64. The molecule has 0 radical (unpaired) electrons. The number of ether oxygens (including phenoxy) is 1. The van der Waals surface area contributed by atoms with E-state index in [1.165, 1.54) is 13.2 Å². The van der Waals surface area contributed by atoms with E-state index in [0.717, 1.165) is 43.9 Å². The molecule has 1 aliphatic carbocycles. The predicted molar refractivity (Wildman–Crippen MR) is 154 cm³/mol. The second-order valence-corrected chi connectivity index (χ2v) is 14.3. The molecular formula is C31H42N2O6S. The number of methoxy groups -OCH3 is 1. The molecule has 4 rings (SSSR count). The first-order valence-corrected chi connectivity index (χ1v) is 15.9. The van der Waals surface area contributed by atoms with Crippen molar-refractivity contribution in [2.24, 2.45) is 17.3 Å². The van der Waals surface area contributed by atoms with Crippen LogP contribution in [0.15, 0.2) is 53.4 Å². The van der Waals surface area contributed by atoms with E-state index in [1.807, 2.05) is 51.1 Å². The van der Waals surface area contributed by atoms with E-state index in [-0.39, 0.29) is 23.3 Å². The van der Waals surface area contributed by atoms with E-state index in [4.69, 9.17) is 4.74 Å². The molecule has 2 aromatic rings. The van der Waals surface area contributed by atoms with Gasteiger partial charge in [0.1, 0.15) is 11.8 Å². The molecule has 40 heavy (non-hydrogen) atoms. The van der Waals surface area contributed by atoms with Gasteiger partial charge in [-0.05, 0) is 42.0 Å². The fourth-order valence-corrected chi connectivity index (χ4v) is 7.31. The first kappa shape index (κ1) is 30.1. The molecule has 1 saturated heterocycles. The van der Waals surface area contributed by atoms with Gasteiger partial charge in [0.25, 0.3) is 0 Å². The van der Waals surface area contributed by atoms with Crippen molar-refractivity contribution in [3.8, 4) is 5.75 Å². The minimum absolute atomic E-state index is 0.0869. The number of rotatable bonds is 8. The number of carbonyl (C=O) groups is 2. The van der Waals surface area contributed by atoms with Gasteiger partial charge in [0.05, 0.1) is 18.0 Å². The van der Waals surface area contributed by atoms with E-state index in [9.17, 15) is 23.1 Å². The van der Waals surface area contributed by atoms with E-state index in [2.05, 4.69) is 5.32 Å². The van der Waals surface area contributed by atoms with Gasteiger partial charge in [-0.15, -0.1) is 0 Å². The molecule has 9 heteroatoms. The summed E-state index contributed by atoms with van der Waals surface area (Å²) in [5.74, 6) is -1.17. The van der Waals surface area contributed by atoms with E-state index >= 15 is 0 Å². The van der Waals surface area contributed by atoms with E-state index in [0.29, 0.717) is 11.3 Å². The molecule has 2 N–H and O–H groups in total. The molecule has 0 bridgehead atoms. The standard InChI is InChI=1S/C31H42N2O6S/c1-31(2,3)25-26(32-19-22-18-23(40(5,37)38)16-17-24(22)39-4)27(20-12-8-6-9-13-20)33(28(25)30(35)36)29(34)21-14-10-7-11-15-21/h6,8-9,12-13,16-18,21,25-28,32H,7,10-11,14-15,19H2,1-5H3,(H,35,36)/t25-,26-,27-,28-/m1/s1. The summed E-state index contributed by atoms with van der Waals surface area (Å²) in [7, 11) is -1.91. The van der Waals surface area contributed by atoms with Gasteiger partial charge in [-0.2, -0.15) is 0 Å². The largest absolute Gasteiger partial charge is 0.496 e. The number of carbonyl (C=O) groups excluding carboxylic acids is 1. The summed E-state index contributed by atoms with van der Waals surface area (Å²) in [5, 5.41) is 14.2. The number of hydrogen-bond donors (Lipinski definition) is 2. The Kier molecular flexibility index (Phi) is 8.95. The van der Waals surface area contributed by atoms with Crippen LogP contribution in [0.1, 0.15) is 70.0 Å². The maximum Gasteiger partial charge on any atom is 0.326 e. The van der Waals surface area contributed by atoms with Crippen molar-refractivity contribution in [1.29, 1.82) is 0 Å². The second kappa shape index (κ2) is 11.9. The van der Waals surface area contributed by atoms with E-state index in [1.54, 1.807) is 17.0 Å². The van der Waals surface area contributed by atoms with Crippen LogP contribution < -0.4 is 10.1 Å². The van der Waals surface area contributed by atoms with Crippen LogP contribution in [0.4, 0.5) is 0 Å². The first-order chi connectivity index (χ1) is 18.8. The Morgan fingerprint density at radius 1 is 1.05 bits per heavy atom. The first-order valence-electron chi connectivity index (χ1n) is 14.0. The summed E-state index contributed by atoms with van der Waals surface area (Å²) in [4.78, 5) is 29.0. The smallest absolute Gasteiger partial charge is 0.326 e. The Morgan fingerprint density at radius 2 is 1.70 bits per heavy atom. The third-order valence-corrected chi connectivity index (χ3v) is 9.59. The highest BCUT2D eigenvalue weighted by atomic mass is 32.2. The SMILES string of the molecule is COc1ccc(S(C)(=O)=O)cc1CN[C@@H]1[C@@H](C(C)(C)C)[C@H](C(=O)O)N(C(=O)C2CCCCC2)[C@@H]1c1ccccc1. The minimum atomic E-state index is -3.44. The van der Waals surface area contributed by atoms with Crippen molar-refractivity contribution in [2.45, 2.75) is 82.4 Å². The summed E-state index contributed by atoms with van der Waals surface area (Å²) in [6, 6.07) is 12.5. The van der Waals surface area contributed by atoms with Crippen molar-refractivity contribution in [1.82, 2.24) is 10.2 Å². The van der Waals surface area contributed by atoms with Crippen LogP contribution in [0.5, 0.6) is 5.75 Å². The topological polar surface area (TPSA) is 113 Å². The Balaban J connectivity index is 1.82. The zero-order chi connectivity index (χ0) is 29.2. The van der Waals surface area contributed by atoms with Gasteiger partial charge in [0.15, 0.2) is 9.84 Å². The number of carboxylic acids is 1. The molecular weight excluding hydrogens is 528 g/mol. The minimum Gasteiger partial charge on any atom is -0.496 e. The van der Waals surface area contributed by atoms with Gasteiger partial charge in [-0.1, -0.05) is 70.4 Å². The number of sulfone groups is 1. The number of likely N-dealkylation sites (tertiary alicyclic amines) is 1. The number of amides is 1. The lowest BCUT2D eigenvalue weighted by molar-refractivity contribution is -0.154. The molecule has 4 atom stereocenters. The molecule has 2 aromatic carbocycles. The van der Waals surface area contributed by atoms with Gasteiger partial charge >= 0.3 is 5.97 Å². The highest BCUT2D eigenvalue weighted by Crippen LogP contribution is 2.49. The predicted octanol–water partition coefficient (Wildman–Crippen LogP) is 4.84. The highest BCUT2D eigenvalue weighted by molar-refractivity contribution is 7.90. The number of hydrogen-bond acceptors (Lipinski definition) is 6. The monoisotopic (exact) mass is 570 g/mol. The van der Waals surface area contributed by atoms with Gasteiger partial charge in [-0.3, -0.25) is 4.79 Å². The normalized spacial score (nSPS) is 24.2. The van der Waals surface area contributed by atoms with Gasteiger partial charge < -0.3 is 20.1 Å². The highest BCUT2D eigenvalue weighted by Gasteiger charge is 2.58. The Labute approximate surface area is 238 Å². The maximum atomic E-state index is 14.2. The summed E-state index contributed by atoms with van der Waals surface area (Å²) in [6.45, 7) is 6.29. The number of nitrogens with zero attached hydrogens (tertiary/aromatic N) is 1. The molecule has 1 saturated carbocycles. The van der Waals surface area contributed by atoms with Gasteiger partial charge in [0, 0.05) is 36.2 Å². The van der Waals surface area contributed by atoms with Gasteiger partial charge in [0.2, 0.25) is 5.91 Å².